The molecule has 0 radical (unpaired) electrons. The summed E-state index contributed by atoms with van der Waals surface area (Å²) in [7, 11) is 0. The highest BCUT2D eigenvalue weighted by molar-refractivity contribution is 5.77. The van der Waals surface area contributed by atoms with Crippen LogP contribution in [0.5, 0.6) is 0 Å². The molecule has 2 aromatic heterocycles. The van der Waals surface area contributed by atoms with E-state index in [0.717, 1.165) is 22.8 Å². The van der Waals surface area contributed by atoms with E-state index < -0.39 is 0 Å². The summed E-state index contributed by atoms with van der Waals surface area (Å²) in [5, 5.41) is 7.88. The zero-order chi connectivity index (χ0) is 16.6. The smallest absolute Gasteiger partial charge is 0.233 e. The minimum Gasteiger partial charge on any atom is -0.361 e. The highest BCUT2D eigenvalue weighted by Crippen LogP contribution is 2.27. The van der Waals surface area contributed by atoms with Crippen molar-refractivity contribution in [2.75, 3.05) is 13.1 Å². The van der Waals surface area contributed by atoms with Gasteiger partial charge in [0.05, 0.1) is 11.6 Å². The molecule has 3 rings (SSSR count). The van der Waals surface area contributed by atoms with Crippen LogP contribution in [0, 0.1) is 13.8 Å². The molecule has 0 N–H and O–H groups in total. The van der Waals surface area contributed by atoms with E-state index in [1.165, 1.54) is 0 Å². The first-order chi connectivity index (χ1) is 11.0. The summed E-state index contributed by atoms with van der Waals surface area (Å²) in [5.41, 5.74) is 1.90. The number of hydrogen-bond acceptors (Lipinski definition) is 6. The topological polar surface area (TPSA) is 85.3 Å². The number of likely N-dealkylation sites (tertiary alicyclic amines) is 1. The highest BCUT2D eigenvalue weighted by atomic mass is 16.5. The van der Waals surface area contributed by atoms with Crippen LogP contribution in [0.3, 0.4) is 0 Å². The van der Waals surface area contributed by atoms with E-state index in [9.17, 15) is 4.79 Å². The third-order valence-electron chi connectivity index (χ3n) is 4.33. The van der Waals surface area contributed by atoms with Gasteiger partial charge < -0.3 is 13.9 Å². The van der Waals surface area contributed by atoms with Crippen LogP contribution >= 0.6 is 0 Å². The molecule has 1 aliphatic rings. The van der Waals surface area contributed by atoms with Crippen LogP contribution in [0.1, 0.15) is 60.8 Å². The number of hydrogen-bond donors (Lipinski definition) is 0. The van der Waals surface area contributed by atoms with Gasteiger partial charge in [0.25, 0.3) is 0 Å². The second kappa shape index (κ2) is 6.14. The molecule has 124 valence electrons. The third-order valence-corrected chi connectivity index (χ3v) is 4.33. The third kappa shape index (κ3) is 3.13. The van der Waals surface area contributed by atoms with E-state index in [4.69, 9.17) is 9.05 Å². The van der Waals surface area contributed by atoms with Crippen molar-refractivity contribution >= 4 is 5.91 Å². The van der Waals surface area contributed by atoms with Crippen LogP contribution in [0.4, 0.5) is 0 Å². The lowest BCUT2D eigenvalue weighted by Gasteiger charge is -2.37. The van der Waals surface area contributed by atoms with Crippen molar-refractivity contribution in [2.45, 2.75) is 52.4 Å². The standard InChI is InChI=1S/C16H22N4O3/c1-9(2)15-17-16(23-19-15)12-7-20(8-12)14(21)6-5-13-10(3)18-22-11(13)4/h9,12H,5-8H2,1-4H3. The maximum atomic E-state index is 12.2. The van der Waals surface area contributed by atoms with Crippen molar-refractivity contribution in [1.29, 1.82) is 0 Å². The maximum Gasteiger partial charge on any atom is 0.233 e. The molecule has 0 unspecified atom stereocenters. The van der Waals surface area contributed by atoms with Crippen LogP contribution < -0.4 is 0 Å². The van der Waals surface area contributed by atoms with E-state index in [1.807, 2.05) is 32.6 Å². The Bertz CT molecular complexity index is 678. The lowest BCUT2D eigenvalue weighted by atomic mass is 9.98. The molecule has 0 bridgehead atoms. The molecule has 0 aromatic carbocycles. The number of aromatic nitrogens is 3. The summed E-state index contributed by atoms with van der Waals surface area (Å²) >= 11 is 0. The first-order valence-corrected chi connectivity index (χ1v) is 7.98. The number of carbonyl (C=O) groups excluding carboxylic acids is 1. The van der Waals surface area contributed by atoms with E-state index in [-0.39, 0.29) is 17.7 Å². The van der Waals surface area contributed by atoms with Crippen molar-refractivity contribution in [3.8, 4) is 0 Å². The minimum atomic E-state index is 0.143. The van der Waals surface area contributed by atoms with E-state index in [0.29, 0.717) is 31.8 Å². The van der Waals surface area contributed by atoms with Gasteiger partial charge in [-0.25, -0.2) is 0 Å². The molecule has 0 aliphatic carbocycles. The Labute approximate surface area is 135 Å². The number of nitrogens with zero attached hydrogens (tertiary/aromatic N) is 4. The quantitative estimate of drug-likeness (QED) is 0.841. The predicted octanol–water partition coefficient (Wildman–Crippen LogP) is 2.36. The molecule has 23 heavy (non-hydrogen) atoms. The summed E-state index contributed by atoms with van der Waals surface area (Å²) < 4.78 is 10.4. The maximum absolute atomic E-state index is 12.2. The Morgan fingerprint density at radius 3 is 2.57 bits per heavy atom. The highest BCUT2D eigenvalue weighted by Gasteiger charge is 2.35. The van der Waals surface area contributed by atoms with Crippen molar-refractivity contribution in [3.63, 3.8) is 0 Å². The minimum absolute atomic E-state index is 0.143. The van der Waals surface area contributed by atoms with Crippen LogP contribution in [0.15, 0.2) is 9.05 Å². The molecule has 0 spiro atoms. The Morgan fingerprint density at radius 1 is 1.26 bits per heavy atom. The Balaban J connectivity index is 1.49. The fraction of sp³-hybridized carbons (Fsp3) is 0.625. The molecule has 3 heterocycles. The molecule has 7 nitrogen and oxygen atoms in total. The second-order valence-corrected chi connectivity index (χ2v) is 6.44. The molecule has 1 amide bonds. The summed E-state index contributed by atoms with van der Waals surface area (Å²) in [6, 6.07) is 0. The second-order valence-electron chi connectivity index (χ2n) is 6.44. The number of aryl methyl sites for hydroxylation is 2. The zero-order valence-corrected chi connectivity index (χ0v) is 14.0. The molecular weight excluding hydrogens is 296 g/mol. The van der Waals surface area contributed by atoms with Gasteiger partial charge in [-0.15, -0.1) is 0 Å². The molecule has 0 atom stereocenters. The van der Waals surface area contributed by atoms with Gasteiger partial charge in [0.2, 0.25) is 11.8 Å². The molecule has 0 saturated carbocycles. The van der Waals surface area contributed by atoms with Gasteiger partial charge >= 0.3 is 0 Å². The number of rotatable bonds is 5. The van der Waals surface area contributed by atoms with Crippen LogP contribution in [-0.2, 0) is 11.2 Å². The molecule has 1 aliphatic heterocycles. The van der Waals surface area contributed by atoms with Gasteiger partial charge in [0, 0.05) is 31.0 Å². The number of carbonyl (C=O) groups is 1. The van der Waals surface area contributed by atoms with E-state index in [1.54, 1.807) is 0 Å². The van der Waals surface area contributed by atoms with Gasteiger partial charge in [-0.05, 0) is 20.3 Å². The van der Waals surface area contributed by atoms with E-state index in [2.05, 4.69) is 15.3 Å². The largest absolute Gasteiger partial charge is 0.361 e. The van der Waals surface area contributed by atoms with Crippen LogP contribution in [-0.4, -0.2) is 39.2 Å². The lowest BCUT2D eigenvalue weighted by Crippen LogP contribution is -2.48. The van der Waals surface area contributed by atoms with Crippen LogP contribution in [0.25, 0.3) is 0 Å². The summed E-state index contributed by atoms with van der Waals surface area (Å²) in [5.74, 6) is 2.72. The average Bonchev–Trinajstić information content (AvgIpc) is 3.04. The SMILES string of the molecule is Cc1noc(C)c1CCC(=O)N1CC(c2nc(C(C)C)no2)C1. The number of amides is 1. The summed E-state index contributed by atoms with van der Waals surface area (Å²) in [6.07, 6.45) is 1.13. The van der Waals surface area contributed by atoms with Gasteiger partial charge in [0.15, 0.2) is 5.82 Å². The normalized spacial score (nSPS) is 15.3. The zero-order valence-electron chi connectivity index (χ0n) is 14.0. The Morgan fingerprint density at radius 2 is 2.00 bits per heavy atom. The molecule has 1 fully saturated rings. The van der Waals surface area contributed by atoms with Gasteiger partial charge in [-0.3, -0.25) is 4.79 Å². The average molecular weight is 318 g/mol. The predicted molar refractivity (Wildman–Crippen MR) is 82.0 cm³/mol. The fourth-order valence-electron chi connectivity index (χ4n) is 2.73. The summed E-state index contributed by atoms with van der Waals surface area (Å²) in [6.45, 7) is 9.14. The van der Waals surface area contributed by atoms with Crippen molar-refractivity contribution < 1.29 is 13.8 Å². The molecule has 7 heteroatoms. The molecule has 1 saturated heterocycles. The van der Waals surface area contributed by atoms with Crippen molar-refractivity contribution in [1.82, 2.24) is 20.2 Å². The first kappa shape index (κ1) is 15.7. The molecular formula is C16H22N4O3. The van der Waals surface area contributed by atoms with Gasteiger partial charge in [0.1, 0.15) is 5.76 Å². The van der Waals surface area contributed by atoms with Crippen molar-refractivity contribution in [3.05, 3.63) is 28.7 Å². The fourth-order valence-corrected chi connectivity index (χ4v) is 2.73. The Hall–Kier alpha value is -2.18. The van der Waals surface area contributed by atoms with Gasteiger partial charge in [-0.2, -0.15) is 4.98 Å². The van der Waals surface area contributed by atoms with Crippen LogP contribution in [0.2, 0.25) is 0 Å². The summed E-state index contributed by atoms with van der Waals surface area (Å²) in [4.78, 5) is 18.5. The first-order valence-electron chi connectivity index (χ1n) is 7.98. The lowest BCUT2D eigenvalue weighted by molar-refractivity contribution is -0.135. The Kier molecular flexibility index (Phi) is 4.19. The van der Waals surface area contributed by atoms with E-state index >= 15 is 0 Å². The van der Waals surface area contributed by atoms with Crippen molar-refractivity contribution in [2.24, 2.45) is 0 Å². The molecule has 2 aromatic rings. The van der Waals surface area contributed by atoms with Gasteiger partial charge in [-0.1, -0.05) is 24.2 Å². The monoisotopic (exact) mass is 318 g/mol.